The zero-order valence-electron chi connectivity index (χ0n) is 4.67. The molecule has 0 aromatic carbocycles. The normalized spacial score (nSPS) is 13.0. The third kappa shape index (κ3) is 2.37. The number of rotatable bonds is 2. The molecule has 1 aromatic heterocycles. The molecule has 0 bridgehead atoms. The van der Waals surface area contributed by atoms with Gasteiger partial charge in [-0.05, 0) is 28.1 Å². The van der Waals surface area contributed by atoms with Gasteiger partial charge in [-0.1, -0.05) is 0 Å². The Labute approximate surface area is 73.0 Å². The van der Waals surface area contributed by atoms with Crippen LogP contribution in [0.15, 0.2) is 15.9 Å². The Balaban J connectivity index is 2.67. The maximum Gasteiger partial charge on any atom is 0.100 e. The van der Waals surface area contributed by atoms with E-state index in [9.17, 15) is 8.76 Å². The fraction of sp³-hybridized carbons (Fsp3) is 0. The zero-order valence-corrected chi connectivity index (χ0v) is 7.88. The second-order valence-electron chi connectivity index (χ2n) is 1.44. The fourth-order valence-electron chi connectivity index (χ4n) is 0.451. The highest BCUT2D eigenvalue weighted by Gasteiger charge is 1.94. The van der Waals surface area contributed by atoms with Gasteiger partial charge in [-0.15, -0.1) is 11.3 Å². The van der Waals surface area contributed by atoms with Gasteiger partial charge in [0.15, 0.2) is 0 Å². The number of hydrogen-bond acceptors (Lipinski definition) is 3. The molecule has 1 aromatic rings. The van der Waals surface area contributed by atoms with E-state index in [-0.39, 0.29) is 0 Å². The summed E-state index contributed by atoms with van der Waals surface area (Å²) in [7, 11) is 0. The highest BCUT2D eigenvalue weighted by atomic mass is 79.9. The number of hydrogen-bond donors (Lipinski definition) is 1. The van der Waals surface area contributed by atoms with Crippen LogP contribution in [0.2, 0.25) is 0 Å². The van der Waals surface area contributed by atoms with E-state index in [4.69, 9.17) is 0 Å². The van der Waals surface area contributed by atoms with Gasteiger partial charge in [0, 0.05) is 11.3 Å². The molecule has 0 fully saturated rings. The van der Waals surface area contributed by atoms with Gasteiger partial charge in [0.1, 0.15) is 5.00 Å². The first kappa shape index (κ1) is 8.19. The first-order chi connectivity index (χ1) is 4.68. The molecule has 6 heteroatoms. The van der Waals surface area contributed by atoms with Crippen LogP contribution in [0.4, 0.5) is 5.00 Å². The molecule has 3 nitrogen and oxygen atoms in total. The molecule has 1 rings (SSSR count). The molecule has 0 saturated carbocycles. The van der Waals surface area contributed by atoms with Crippen LogP contribution >= 0.6 is 27.3 Å². The first-order valence-corrected chi connectivity index (χ1v) is 4.98. The number of anilines is 1. The maximum atomic E-state index is 10.1. The van der Waals surface area contributed by atoms with Gasteiger partial charge in [0.2, 0.25) is 0 Å². The topological polar surface area (TPSA) is 52.2 Å². The Morgan fingerprint density at radius 1 is 1.70 bits per heavy atom. The van der Waals surface area contributed by atoms with Crippen molar-refractivity contribution in [1.82, 2.24) is 0 Å². The molecule has 1 heterocycles. The molecule has 0 aliphatic rings. The molecule has 10 heavy (non-hydrogen) atoms. The molecule has 0 amide bonds. The molecule has 1 atom stereocenters. The van der Waals surface area contributed by atoms with E-state index in [0.717, 1.165) is 3.79 Å². The van der Waals surface area contributed by atoms with Crippen LogP contribution < -0.4 is 4.72 Å². The number of nitrogens with one attached hydrogen (secondary N) is 1. The quantitative estimate of drug-likeness (QED) is 0.801. The minimum atomic E-state index is -2.21. The van der Waals surface area contributed by atoms with Crippen molar-refractivity contribution in [1.29, 1.82) is 0 Å². The molecule has 1 unspecified atom stereocenters. The summed E-state index contributed by atoms with van der Waals surface area (Å²) in [4.78, 5) is 0. The summed E-state index contributed by atoms with van der Waals surface area (Å²) < 4.78 is 23.3. The van der Waals surface area contributed by atoms with Crippen LogP contribution in [0.1, 0.15) is 0 Å². The van der Waals surface area contributed by atoms with Crippen molar-refractivity contribution in [3.8, 4) is 0 Å². The van der Waals surface area contributed by atoms with Crippen LogP contribution in [-0.4, -0.2) is 8.76 Å². The Hall–Kier alpha value is 0.0900. The predicted octanol–water partition coefficient (Wildman–Crippen LogP) is 1.72. The third-order valence-corrected chi connectivity index (χ3v) is 2.81. The van der Waals surface area contributed by atoms with Crippen molar-refractivity contribution in [2.75, 3.05) is 4.72 Å². The lowest BCUT2D eigenvalue weighted by Gasteiger charge is -2.03. The lowest BCUT2D eigenvalue weighted by Crippen LogP contribution is -1.99. The number of halogens is 1. The molecular weight excluding hydrogens is 238 g/mol. The first-order valence-electron chi connectivity index (χ1n) is 2.30. The van der Waals surface area contributed by atoms with Crippen molar-refractivity contribution in [2.45, 2.75) is 0 Å². The largest absolute Gasteiger partial charge is 0.755 e. The van der Waals surface area contributed by atoms with Gasteiger partial charge in [0.25, 0.3) is 0 Å². The van der Waals surface area contributed by atoms with Gasteiger partial charge < -0.3 is 9.27 Å². The fourth-order valence-corrected chi connectivity index (χ4v) is 2.19. The average Bonchev–Trinajstić information content (AvgIpc) is 2.13. The van der Waals surface area contributed by atoms with E-state index < -0.39 is 11.3 Å². The van der Waals surface area contributed by atoms with Gasteiger partial charge in [-0.2, -0.15) is 0 Å². The molecule has 1 N–H and O–H groups in total. The van der Waals surface area contributed by atoms with Crippen molar-refractivity contribution in [3.63, 3.8) is 0 Å². The standard InChI is InChI=1S/C4H4BrNO2S2/c5-3-1-2-4(9-3)6-10(7)8/h1-2,6H,(H,7,8)/p-1. The third-order valence-electron chi connectivity index (χ3n) is 0.757. The van der Waals surface area contributed by atoms with Crippen LogP contribution in [0.3, 0.4) is 0 Å². The summed E-state index contributed by atoms with van der Waals surface area (Å²) in [6, 6.07) is 3.46. The Kier molecular flexibility index (Phi) is 2.84. The number of thiophene rings is 1. The molecule has 0 saturated heterocycles. The summed E-state index contributed by atoms with van der Waals surface area (Å²) in [6.07, 6.45) is 0. The lowest BCUT2D eigenvalue weighted by molar-refractivity contribution is 0.543. The van der Waals surface area contributed by atoms with E-state index >= 15 is 0 Å². The second-order valence-corrected chi connectivity index (χ2v) is 4.58. The minimum absolute atomic E-state index is 0.611. The highest BCUT2D eigenvalue weighted by Crippen LogP contribution is 2.26. The van der Waals surface area contributed by atoms with Crippen LogP contribution in [0.5, 0.6) is 0 Å². The van der Waals surface area contributed by atoms with E-state index in [0.29, 0.717) is 5.00 Å². The van der Waals surface area contributed by atoms with E-state index in [1.165, 1.54) is 11.3 Å². The smallest absolute Gasteiger partial charge is 0.100 e. The summed E-state index contributed by atoms with van der Waals surface area (Å²) in [6.45, 7) is 0. The summed E-state index contributed by atoms with van der Waals surface area (Å²) in [5.74, 6) is 0. The zero-order chi connectivity index (χ0) is 7.56. The molecular formula is C4H3BrNO2S2-. The highest BCUT2D eigenvalue weighted by molar-refractivity contribution is 9.11. The molecule has 0 radical (unpaired) electrons. The SMILES string of the molecule is O=S([O-])Nc1ccc(Br)s1. The Morgan fingerprint density at radius 3 is 2.80 bits per heavy atom. The van der Waals surface area contributed by atoms with E-state index in [1.54, 1.807) is 12.1 Å². The van der Waals surface area contributed by atoms with Crippen LogP contribution in [0, 0.1) is 0 Å². The Bertz CT molecular complexity index is 249. The van der Waals surface area contributed by atoms with Gasteiger partial charge in [-0.3, -0.25) is 4.21 Å². The maximum absolute atomic E-state index is 10.1. The van der Waals surface area contributed by atoms with Gasteiger partial charge in [-0.25, -0.2) is 0 Å². The molecule has 0 spiro atoms. The predicted molar refractivity (Wildman–Crippen MR) is 44.6 cm³/mol. The van der Waals surface area contributed by atoms with Crippen molar-refractivity contribution >= 4 is 43.5 Å². The lowest BCUT2D eigenvalue weighted by atomic mass is 10.6. The summed E-state index contributed by atoms with van der Waals surface area (Å²) >= 11 is 2.31. The average molecular weight is 241 g/mol. The summed E-state index contributed by atoms with van der Waals surface area (Å²) in [5, 5.41) is 0.611. The monoisotopic (exact) mass is 240 g/mol. The summed E-state index contributed by atoms with van der Waals surface area (Å²) in [5.41, 5.74) is 0. The molecule has 56 valence electrons. The van der Waals surface area contributed by atoms with Crippen LogP contribution in [0.25, 0.3) is 0 Å². The van der Waals surface area contributed by atoms with Crippen LogP contribution in [-0.2, 0) is 11.3 Å². The van der Waals surface area contributed by atoms with E-state index in [2.05, 4.69) is 20.7 Å². The minimum Gasteiger partial charge on any atom is -0.755 e. The van der Waals surface area contributed by atoms with E-state index in [1.807, 2.05) is 0 Å². The van der Waals surface area contributed by atoms with Gasteiger partial charge in [0.05, 0.1) is 3.79 Å². The van der Waals surface area contributed by atoms with Crippen molar-refractivity contribution < 1.29 is 8.76 Å². The molecule has 0 aliphatic heterocycles. The Morgan fingerprint density at radius 2 is 2.40 bits per heavy atom. The second kappa shape index (κ2) is 3.47. The molecule has 0 aliphatic carbocycles. The van der Waals surface area contributed by atoms with Crippen molar-refractivity contribution in [2.24, 2.45) is 0 Å². The van der Waals surface area contributed by atoms with Gasteiger partial charge >= 0.3 is 0 Å². The van der Waals surface area contributed by atoms with Crippen molar-refractivity contribution in [3.05, 3.63) is 15.9 Å².